The largest absolute Gasteiger partial charge is 0.465 e. The van der Waals surface area contributed by atoms with Gasteiger partial charge in [-0.2, -0.15) is 0 Å². The van der Waals surface area contributed by atoms with Crippen molar-refractivity contribution in [2.45, 2.75) is 65.1 Å². The van der Waals surface area contributed by atoms with Crippen LogP contribution in [0.5, 0.6) is 0 Å². The van der Waals surface area contributed by atoms with Gasteiger partial charge in [-0.15, -0.1) is 0 Å². The van der Waals surface area contributed by atoms with Gasteiger partial charge < -0.3 is 9.47 Å². The molecule has 0 amide bonds. The molecule has 98 valence electrons. The smallest absolute Gasteiger partial charge is 0.311 e. The maximum atomic E-state index is 12.1. The SMILES string of the molecule is CCC(C)COC(=O)C1(C)CCC2(C)OC2C1. The van der Waals surface area contributed by atoms with Crippen molar-refractivity contribution in [3.63, 3.8) is 0 Å². The van der Waals surface area contributed by atoms with Crippen molar-refractivity contribution in [2.75, 3.05) is 6.61 Å². The number of hydrogen-bond acceptors (Lipinski definition) is 3. The number of carbonyl (C=O) groups is 1. The number of carbonyl (C=O) groups excluding carboxylic acids is 1. The van der Waals surface area contributed by atoms with Crippen LogP contribution in [0.25, 0.3) is 0 Å². The fourth-order valence-corrected chi connectivity index (χ4v) is 2.50. The van der Waals surface area contributed by atoms with Crippen molar-refractivity contribution >= 4 is 5.97 Å². The normalized spacial score (nSPS) is 41.5. The third-order valence-corrected chi connectivity index (χ3v) is 4.53. The van der Waals surface area contributed by atoms with E-state index in [1.54, 1.807) is 0 Å². The number of rotatable bonds is 4. The Morgan fingerprint density at radius 2 is 2.18 bits per heavy atom. The van der Waals surface area contributed by atoms with Gasteiger partial charge in [0.25, 0.3) is 0 Å². The lowest BCUT2D eigenvalue weighted by Gasteiger charge is -2.31. The van der Waals surface area contributed by atoms with E-state index in [0.29, 0.717) is 12.5 Å². The molecule has 2 rings (SSSR count). The molecule has 1 saturated heterocycles. The quantitative estimate of drug-likeness (QED) is 0.560. The molecule has 0 aromatic heterocycles. The Bertz CT molecular complexity index is 315. The first-order valence-corrected chi connectivity index (χ1v) is 6.75. The molecule has 1 aliphatic heterocycles. The molecule has 3 nitrogen and oxygen atoms in total. The summed E-state index contributed by atoms with van der Waals surface area (Å²) in [5.41, 5.74) is -0.259. The highest BCUT2D eigenvalue weighted by atomic mass is 16.6. The molecule has 2 aliphatic rings. The van der Waals surface area contributed by atoms with Crippen LogP contribution in [0.1, 0.15) is 53.4 Å². The van der Waals surface area contributed by atoms with E-state index in [1.807, 2.05) is 6.92 Å². The van der Waals surface area contributed by atoms with Gasteiger partial charge in [-0.3, -0.25) is 4.79 Å². The third kappa shape index (κ3) is 2.49. The van der Waals surface area contributed by atoms with E-state index in [0.717, 1.165) is 25.7 Å². The summed E-state index contributed by atoms with van der Waals surface area (Å²) < 4.78 is 11.1. The first kappa shape index (κ1) is 12.9. The van der Waals surface area contributed by atoms with Gasteiger partial charge >= 0.3 is 5.97 Å². The van der Waals surface area contributed by atoms with Gasteiger partial charge in [0.15, 0.2) is 0 Å². The number of epoxide rings is 1. The van der Waals surface area contributed by atoms with E-state index in [-0.39, 0.29) is 23.1 Å². The van der Waals surface area contributed by atoms with E-state index < -0.39 is 0 Å². The topological polar surface area (TPSA) is 38.8 Å². The molecular formula is C14H24O3. The minimum Gasteiger partial charge on any atom is -0.465 e. The predicted molar refractivity (Wildman–Crippen MR) is 65.7 cm³/mol. The zero-order valence-corrected chi connectivity index (χ0v) is 11.4. The maximum absolute atomic E-state index is 12.1. The van der Waals surface area contributed by atoms with Crippen molar-refractivity contribution in [1.29, 1.82) is 0 Å². The predicted octanol–water partition coefficient (Wildman–Crippen LogP) is 2.92. The molecule has 1 aliphatic carbocycles. The fraction of sp³-hybridized carbons (Fsp3) is 0.929. The van der Waals surface area contributed by atoms with Crippen LogP contribution in [0.3, 0.4) is 0 Å². The highest BCUT2D eigenvalue weighted by Crippen LogP contribution is 2.54. The van der Waals surface area contributed by atoms with Crippen LogP contribution in [-0.2, 0) is 14.3 Å². The van der Waals surface area contributed by atoms with E-state index >= 15 is 0 Å². The Hall–Kier alpha value is -0.570. The summed E-state index contributed by atoms with van der Waals surface area (Å²) in [5, 5.41) is 0. The lowest BCUT2D eigenvalue weighted by atomic mass is 9.72. The summed E-state index contributed by atoms with van der Waals surface area (Å²) >= 11 is 0. The van der Waals surface area contributed by atoms with Gasteiger partial charge in [0.05, 0.1) is 23.7 Å². The number of ether oxygens (including phenoxy) is 2. The van der Waals surface area contributed by atoms with Crippen LogP contribution in [-0.4, -0.2) is 24.3 Å². The summed E-state index contributed by atoms with van der Waals surface area (Å²) in [4.78, 5) is 12.1. The molecule has 0 aromatic rings. The van der Waals surface area contributed by atoms with E-state index in [9.17, 15) is 4.79 Å². The molecule has 4 unspecified atom stereocenters. The summed E-state index contributed by atoms with van der Waals surface area (Å²) in [7, 11) is 0. The minimum absolute atomic E-state index is 0.0321. The first-order valence-electron chi connectivity index (χ1n) is 6.75. The van der Waals surface area contributed by atoms with Crippen LogP contribution in [0.15, 0.2) is 0 Å². The van der Waals surface area contributed by atoms with Gasteiger partial charge in [0, 0.05) is 0 Å². The Morgan fingerprint density at radius 1 is 1.47 bits per heavy atom. The number of esters is 1. The molecule has 0 bridgehead atoms. The highest BCUT2D eigenvalue weighted by Gasteiger charge is 2.60. The van der Waals surface area contributed by atoms with Gasteiger partial charge in [-0.05, 0) is 39.0 Å². The highest BCUT2D eigenvalue weighted by molar-refractivity contribution is 5.76. The molecule has 2 fully saturated rings. The summed E-state index contributed by atoms with van der Waals surface area (Å²) in [6, 6.07) is 0. The second kappa shape index (κ2) is 4.27. The van der Waals surface area contributed by atoms with Crippen LogP contribution < -0.4 is 0 Å². The zero-order chi connectivity index (χ0) is 12.7. The van der Waals surface area contributed by atoms with Crippen LogP contribution in [0.2, 0.25) is 0 Å². The lowest BCUT2D eigenvalue weighted by Crippen LogP contribution is -2.37. The third-order valence-electron chi connectivity index (χ3n) is 4.53. The second-order valence-corrected chi connectivity index (χ2v) is 6.30. The summed E-state index contributed by atoms with van der Waals surface area (Å²) in [6.07, 6.45) is 4.01. The maximum Gasteiger partial charge on any atom is 0.311 e. The van der Waals surface area contributed by atoms with Crippen molar-refractivity contribution in [1.82, 2.24) is 0 Å². The first-order chi connectivity index (χ1) is 7.89. The molecule has 0 radical (unpaired) electrons. The average molecular weight is 240 g/mol. The monoisotopic (exact) mass is 240 g/mol. The Kier molecular flexibility index (Phi) is 3.23. The minimum atomic E-state index is -0.325. The number of fused-ring (bicyclic) bond motifs is 1. The van der Waals surface area contributed by atoms with Gasteiger partial charge in [0.2, 0.25) is 0 Å². The molecule has 1 saturated carbocycles. The van der Waals surface area contributed by atoms with Gasteiger partial charge in [-0.1, -0.05) is 20.3 Å². The van der Waals surface area contributed by atoms with Gasteiger partial charge in [-0.25, -0.2) is 0 Å². The van der Waals surface area contributed by atoms with Crippen LogP contribution in [0, 0.1) is 11.3 Å². The number of hydrogen-bond donors (Lipinski definition) is 0. The summed E-state index contributed by atoms with van der Waals surface area (Å²) in [6.45, 7) is 8.94. The Balaban J connectivity index is 1.86. The Labute approximate surface area is 104 Å². The van der Waals surface area contributed by atoms with E-state index in [4.69, 9.17) is 9.47 Å². The fourth-order valence-electron chi connectivity index (χ4n) is 2.50. The van der Waals surface area contributed by atoms with Crippen LogP contribution in [0.4, 0.5) is 0 Å². The lowest BCUT2D eigenvalue weighted by molar-refractivity contribution is -0.158. The van der Waals surface area contributed by atoms with Gasteiger partial charge in [0.1, 0.15) is 0 Å². The second-order valence-electron chi connectivity index (χ2n) is 6.30. The standard InChI is InChI=1S/C14H24O3/c1-5-10(2)9-16-12(15)13(3)6-7-14(4)11(8-13)17-14/h10-11H,5-9H2,1-4H3. The van der Waals surface area contributed by atoms with E-state index in [2.05, 4.69) is 20.8 Å². The molecule has 4 atom stereocenters. The molecule has 0 spiro atoms. The Morgan fingerprint density at radius 3 is 2.76 bits per heavy atom. The molecule has 1 heterocycles. The van der Waals surface area contributed by atoms with E-state index in [1.165, 1.54) is 0 Å². The molecule has 0 N–H and O–H groups in total. The van der Waals surface area contributed by atoms with Crippen molar-refractivity contribution in [3.8, 4) is 0 Å². The van der Waals surface area contributed by atoms with Crippen LogP contribution >= 0.6 is 0 Å². The molecule has 17 heavy (non-hydrogen) atoms. The summed E-state index contributed by atoms with van der Waals surface area (Å²) in [5.74, 6) is 0.420. The average Bonchev–Trinajstić information content (AvgIpc) is 2.96. The zero-order valence-electron chi connectivity index (χ0n) is 11.4. The molecular weight excluding hydrogens is 216 g/mol. The van der Waals surface area contributed by atoms with Crippen molar-refractivity contribution in [3.05, 3.63) is 0 Å². The molecule has 0 aromatic carbocycles. The van der Waals surface area contributed by atoms with Crippen molar-refractivity contribution < 1.29 is 14.3 Å². The van der Waals surface area contributed by atoms with Crippen molar-refractivity contribution in [2.24, 2.45) is 11.3 Å². The molecule has 3 heteroatoms.